The van der Waals surface area contributed by atoms with E-state index in [1.165, 1.54) is 25.7 Å². The van der Waals surface area contributed by atoms with Crippen LogP contribution in [0.1, 0.15) is 67.4 Å². The minimum Gasteiger partial charge on any atom is -0.353 e. The summed E-state index contributed by atoms with van der Waals surface area (Å²) in [4.78, 5) is 28.6. The first kappa shape index (κ1) is 23.4. The van der Waals surface area contributed by atoms with Crippen LogP contribution in [0.3, 0.4) is 0 Å². The van der Waals surface area contributed by atoms with Crippen LogP contribution in [-0.4, -0.2) is 50.2 Å². The van der Waals surface area contributed by atoms with Gasteiger partial charge >= 0.3 is 0 Å². The number of carbonyl (C=O) groups is 2. The lowest BCUT2D eigenvalue weighted by atomic mass is 9.94. The highest BCUT2D eigenvalue weighted by atomic mass is 16.2. The van der Waals surface area contributed by atoms with Crippen LogP contribution < -0.4 is 5.32 Å². The molecule has 0 unspecified atom stereocenters. The number of nitrogens with one attached hydrogen (secondary N) is 1. The lowest BCUT2D eigenvalue weighted by molar-refractivity contribution is -0.127. The molecule has 2 aliphatic rings. The molecule has 1 N–H and O–H groups in total. The Morgan fingerprint density at radius 1 is 0.886 bits per heavy atom. The zero-order valence-electron chi connectivity index (χ0n) is 20.5. The molecule has 0 radical (unpaired) electrons. The van der Waals surface area contributed by atoms with E-state index in [1.807, 2.05) is 75.9 Å². The maximum Gasteiger partial charge on any atom is 0.259 e. The number of hydrogen-bond acceptors (Lipinski definition) is 3. The zero-order chi connectivity index (χ0) is 24.2. The van der Waals surface area contributed by atoms with Crippen molar-refractivity contribution in [3.05, 3.63) is 66.1 Å². The molecule has 184 valence electrons. The van der Waals surface area contributed by atoms with Crippen LogP contribution >= 0.6 is 0 Å². The smallest absolute Gasteiger partial charge is 0.259 e. The van der Waals surface area contributed by atoms with Crippen molar-refractivity contribution < 1.29 is 9.59 Å². The van der Waals surface area contributed by atoms with Gasteiger partial charge in [-0.1, -0.05) is 43.9 Å². The Morgan fingerprint density at radius 2 is 1.54 bits per heavy atom. The van der Waals surface area contributed by atoms with Gasteiger partial charge in [-0.15, -0.1) is 0 Å². The quantitative estimate of drug-likeness (QED) is 0.548. The fraction of sp³-hybridized carbons (Fsp3) is 0.464. The summed E-state index contributed by atoms with van der Waals surface area (Å²) in [6.45, 7) is 3.07. The molecule has 2 aromatic heterocycles. The van der Waals surface area contributed by atoms with Gasteiger partial charge in [0.05, 0.1) is 11.4 Å². The first-order valence-corrected chi connectivity index (χ1v) is 13.0. The molecule has 0 bridgehead atoms. The van der Waals surface area contributed by atoms with Crippen molar-refractivity contribution in [3.8, 4) is 11.5 Å². The summed E-state index contributed by atoms with van der Waals surface area (Å²) in [7, 11) is 0. The second-order valence-electron chi connectivity index (χ2n) is 9.89. The van der Waals surface area contributed by atoms with Gasteiger partial charge in [0, 0.05) is 37.4 Å². The number of aromatic nitrogens is 3. The van der Waals surface area contributed by atoms with E-state index in [1.54, 1.807) is 0 Å². The molecule has 3 aromatic rings. The van der Waals surface area contributed by atoms with Crippen LogP contribution in [0.5, 0.6) is 0 Å². The number of benzene rings is 1. The van der Waals surface area contributed by atoms with E-state index in [-0.39, 0.29) is 17.7 Å². The maximum absolute atomic E-state index is 13.8. The average molecular weight is 474 g/mol. The van der Waals surface area contributed by atoms with Crippen molar-refractivity contribution in [1.82, 2.24) is 24.6 Å². The lowest BCUT2D eigenvalue weighted by Crippen LogP contribution is -2.45. The Bertz CT molecular complexity index is 1140. The van der Waals surface area contributed by atoms with E-state index >= 15 is 0 Å². The number of likely N-dealkylation sites (tertiary alicyclic amines) is 1. The van der Waals surface area contributed by atoms with E-state index in [0.717, 1.165) is 24.3 Å². The molecule has 3 heterocycles. The Balaban J connectivity index is 1.31. The van der Waals surface area contributed by atoms with E-state index in [2.05, 4.69) is 5.32 Å². The van der Waals surface area contributed by atoms with Crippen LogP contribution in [0.15, 0.2) is 54.9 Å². The predicted molar refractivity (Wildman–Crippen MR) is 136 cm³/mol. The number of rotatable bonds is 5. The maximum atomic E-state index is 13.8. The molecule has 1 saturated heterocycles. The highest BCUT2D eigenvalue weighted by Gasteiger charge is 2.32. The number of piperidine rings is 1. The SMILES string of the molecule is Cc1nn(-c2ccccc2)c(-n2cccc2)c1C(=O)N1CCC(C(=O)NC2CCCCCC2)CC1. The molecule has 0 spiro atoms. The highest BCUT2D eigenvalue weighted by Crippen LogP contribution is 2.27. The standard InChI is InChI=1S/C28H35N5O2/c1-21-25(27(31-17-9-10-18-31)33(30-21)24-13-7-4-8-14-24)28(35)32-19-15-22(16-20-32)26(34)29-23-11-5-2-3-6-12-23/h4,7-10,13-14,17-18,22-23H,2-3,5-6,11-12,15-16,19-20H2,1H3,(H,29,34). The molecule has 1 aliphatic carbocycles. The summed E-state index contributed by atoms with van der Waals surface area (Å²) >= 11 is 0. The molecule has 1 aliphatic heterocycles. The van der Waals surface area contributed by atoms with Crippen molar-refractivity contribution in [1.29, 1.82) is 0 Å². The molecule has 0 atom stereocenters. The van der Waals surface area contributed by atoms with Gasteiger partial charge in [0.25, 0.3) is 5.91 Å². The number of carbonyl (C=O) groups excluding carboxylic acids is 2. The van der Waals surface area contributed by atoms with Crippen molar-refractivity contribution in [3.63, 3.8) is 0 Å². The van der Waals surface area contributed by atoms with Crippen molar-refractivity contribution in [2.24, 2.45) is 5.92 Å². The third-order valence-corrected chi connectivity index (χ3v) is 7.45. The van der Waals surface area contributed by atoms with Gasteiger partial charge in [-0.3, -0.25) is 9.59 Å². The van der Waals surface area contributed by atoms with Crippen molar-refractivity contribution >= 4 is 11.8 Å². The number of aryl methyl sites for hydroxylation is 1. The third kappa shape index (κ3) is 5.04. The molecule has 1 saturated carbocycles. The summed E-state index contributed by atoms with van der Waals surface area (Å²) in [6.07, 6.45) is 12.4. The number of para-hydroxylation sites is 1. The number of hydrogen-bond donors (Lipinski definition) is 1. The molecule has 35 heavy (non-hydrogen) atoms. The van der Waals surface area contributed by atoms with E-state index in [9.17, 15) is 9.59 Å². The summed E-state index contributed by atoms with van der Waals surface area (Å²) in [6, 6.07) is 14.1. The van der Waals surface area contributed by atoms with Gasteiger partial charge in [-0.25, -0.2) is 4.68 Å². The summed E-state index contributed by atoms with van der Waals surface area (Å²) < 4.78 is 3.79. The first-order valence-electron chi connectivity index (χ1n) is 13.0. The topological polar surface area (TPSA) is 72.2 Å². The Kier molecular flexibility index (Phi) is 7.02. The Labute approximate surface area is 207 Å². The van der Waals surface area contributed by atoms with Crippen LogP contribution in [0.25, 0.3) is 11.5 Å². The van der Waals surface area contributed by atoms with Gasteiger partial charge in [-0.05, 0) is 56.9 Å². The van der Waals surface area contributed by atoms with E-state index in [0.29, 0.717) is 43.2 Å². The van der Waals surface area contributed by atoms with Gasteiger partial charge in [-0.2, -0.15) is 5.10 Å². The number of amides is 2. The van der Waals surface area contributed by atoms with Gasteiger partial charge < -0.3 is 14.8 Å². The summed E-state index contributed by atoms with van der Waals surface area (Å²) in [5.41, 5.74) is 2.23. The fourth-order valence-corrected chi connectivity index (χ4v) is 5.47. The predicted octanol–water partition coefficient (Wildman–Crippen LogP) is 4.66. The van der Waals surface area contributed by atoms with Crippen LogP contribution in [0, 0.1) is 12.8 Å². The number of nitrogens with zero attached hydrogens (tertiary/aromatic N) is 4. The van der Waals surface area contributed by atoms with Gasteiger partial charge in [0.15, 0.2) is 5.82 Å². The molecular weight excluding hydrogens is 438 g/mol. The largest absolute Gasteiger partial charge is 0.353 e. The molecule has 5 rings (SSSR count). The van der Waals surface area contributed by atoms with Crippen LogP contribution in [0.4, 0.5) is 0 Å². The highest BCUT2D eigenvalue weighted by molar-refractivity contribution is 5.99. The third-order valence-electron chi connectivity index (χ3n) is 7.45. The molecular formula is C28H35N5O2. The zero-order valence-corrected chi connectivity index (χ0v) is 20.5. The second kappa shape index (κ2) is 10.5. The molecule has 2 fully saturated rings. The van der Waals surface area contributed by atoms with Gasteiger partial charge in [0.2, 0.25) is 5.91 Å². The molecule has 7 heteroatoms. The minimum absolute atomic E-state index is 0.0145. The lowest BCUT2D eigenvalue weighted by Gasteiger charge is -2.32. The monoisotopic (exact) mass is 473 g/mol. The Morgan fingerprint density at radius 3 is 2.20 bits per heavy atom. The van der Waals surface area contributed by atoms with Crippen LogP contribution in [-0.2, 0) is 4.79 Å². The normalized spacial score (nSPS) is 17.8. The second-order valence-corrected chi connectivity index (χ2v) is 9.89. The Hall–Kier alpha value is -3.35. The molecule has 2 amide bonds. The minimum atomic E-state index is -0.0176. The average Bonchev–Trinajstić information content (AvgIpc) is 3.45. The van der Waals surface area contributed by atoms with E-state index in [4.69, 9.17) is 5.10 Å². The van der Waals surface area contributed by atoms with Gasteiger partial charge in [0.1, 0.15) is 5.56 Å². The fourth-order valence-electron chi connectivity index (χ4n) is 5.47. The first-order chi connectivity index (χ1) is 17.1. The summed E-state index contributed by atoms with van der Waals surface area (Å²) in [5, 5.41) is 8.06. The summed E-state index contributed by atoms with van der Waals surface area (Å²) in [5.74, 6) is 0.886. The van der Waals surface area contributed by atoms with Crippen molar-refractivity contribution in [2.75, 3.05) is 13.1 Å². The van der Waals surface area contributed by atoms with Crippen molar-refractivity contribution in [2.45, 2.75) is 64.3 Å². The van der Waals surface area contributed by atoms with E-state index < -0.39 is 0 Å². The molecule has 1 aromatic carbocycles. The molecule has 7 nitrogen and oxygen atoms in total. The van der Waals surface area contributed by atoms with Crippen LogP contribution in [0.2, 0.25) is 0 Å².